The Morgan fingerprint density at radius 1 is 0.706 bits per heavy atom. The summed E-state index contributed by atoms with van der Waals surface area (Å²) in [6.07, 6.45) is 2.13. The summed E-state index contributed by atoms with van der Waals surface area (Å²) in [5, 5.41) is 4.65. The number of rotatable bonds is 10. The van der Waals surface area contributed by atoms with Gasteiger partial charge in [-0.1, -0.05) is 31.2 Å². The van der Waals surface area contributed by atoms with Crippen molar-refractivity contribution in [3.63, 3.8) is 0 Å². The van der Waals surface area contributed by atoms with E-state index < -0.39 is 11.8 Å². The average molecular weight is 465 g/mol. The Morgan fingerprint density at radius 3 is 1.41 bits per heavy atom. The lowest BCUT2D eigenvalue weighted by Gasteiger charge is -2.14. The van der Waals surface area contributed by atoms with Crippen molar-refractivity contribution in [2.24, 2.45) is 5.92 Å². The third kappa shape index (κ3) is 5.81. The number of imide groups is 2. The van der Waals surface area contributed by atoms with Gasteiger partial charge in [0, 0.05) is 12.8 Å². The molecule has 0 aliphatic carbocycles. The normalized spacial score (nSPS) is 20.7. The van der Waals surface area contributed by atoms with Crippen LogP contribution in [0.25, 0.3) is 0 Å². The number of nitrogens with one attached hydrogen (secondary N) is 2. The standard InChI is InChI=1S/C26H28N2O6/c1-16(10-12-33-19-6-2-17(3-7-19)21-14-23(29)27-25(21)31)11-13-34-20-8-4-18(5-9-20)22-15-24(30)28-26(22)32/h2-9,16,21-22H,10-15H2,1H3,(H,27,29,31)(H,28,30,32). The fourth-order valence-corrected chi connectivity index (χ4v) is 4.14. The highest BCUT2D eigenvalue weighted by Crippen LogP contribution is 2.27. The van der Waals surface area contributed by atoms with Crippen molar-refractivity contribution in [1.82, 2.24) is 10.6 Å². The third-order valence-corrected chi connectivity index (χ3v) is 6.26. The van der Waals surface area contributed by atoms with Gasteiger partial charge in [-0.3, -0.25) is 29.8 Å². The fraction of sp³-hybridized carbons (Fsp3) is 0.385. The van der Waals surface area contributed by atoms with E-state index in [4.69, 9.17) is 9.47 Å². The number of amides is 4. The van der Waals surface area contributed by atoms with Gasteiger partial charge in [0.25, 0.3) is 0 Å². The maximum absolute atomic E-state index is 11.8. The van der Waals surface area contributed by atoms with Gasteiger partial charge in [0.15, 0.2) is 0 Å². The molecule has 2 N–H and O–H groups in total. The van der Waals surface area contributed by atoms with Crippen molar-refractivity contribution >= 4 is 23.6 Å². The molecule has 34 heavy (non-hydrogen) atoms. The van der Waals surface area contributed by atoms with Crippen LogP contribution in [-0.2, 0) is 19.2 Å². The largest absolute Gasteiger partial charge is 0.494 e. The van der Waals surface area contributed by atoms with Crippen LogP contribution in [0.5, 0.6) is 11.5 Å². The Bertz CT molecular complexity index is 978. The second-order valence-electron chi connectivity index (χ2n) is 8.86. The molecule has 2 aliphatic heterocycles. The summed E-state index contributed by atoms with van der Waals surface area (Å²) in [6, 6.07) is 14.6. The molecule has 4 rings (SSSR count). The molecule has 0 spiro atoms. The molecule has 0 saturated carbocycles. The summed E-state index contributed by atoms with van der Waals surface area (Å²) in [5.74, 6) is 0.0755. The lowest BCUT2D eigenvalue weighted by atomic mass is 9.97. The first kappa shape index (κ1) is 23.5. The number of carbonyl (C=O) groups is 4. The van der Waals surface area contributed by atoms with Crippen LogP contribution in [0.15, 0.2) is 48.5 Å². The van der Waals surface area contributed by atoms with E-state index in [2.05, 4.69) is 17.6 Å². The molecule has 8 nitrogen and oxygen atoms in total. The molecule has 2 fully saturated rings. The number of hydrogen-bond acceptors (Lipinski definition) is 6. The number of carbonyl (C=O) groups excluding carboxylic acids is 4. The van der Waals surface area contributed by atoms with Crippen molar-refractivity contribution in [3.05, 3.63) is 59.7 Å². The Kier molecular flexibility index (Phi) is 7.25. The van der Waals surface area contributed by atoms with Crippen molar-refractivity contribution in [2.45, 2.75) is 44.4 Å². The van der Waals surface area contributed by atoms with Gasteiger partial charge in [0.05, 0.1) is 25.0 Å². The highest BCUT2D eigenvalue weighted by Gasteiger charge is 2.32. The van der Waals surface area contributed by atoms with Crippen molar-refractivity contribution in [2.75, 3.05) is 13.2 Å². The van der Waals surface area contributed by atoms with E-state index in [0.29, 0.717) is 19.1 Å². The van der Waals surface area contributed by atoms with E-state index in [-0.39, 0.29) is 36.5 Å². The lowest BCUT2D eigenvalue weighted by Crippen LogP contribution is -2.21. The molecule has 2 atom stereocenters. The molecule has 2 unspecified atom stereocenters. The van der Waals surface area contributed by atoms with Gasteiger partial charge in [-0.15, -0.1) is 0 Å². The molecule has 2 aliphatic rings. The van der Waals surface area contributed by atoms with Gasteiger partial charge < -0.3 is 9.47 Å². The highest BCUT2D eigenvalue weighted by molar-refractivity contribution is 6.06. The average Bonchev–Trinajstić information content (AvgIpc) is 3.34. The van der Waals surface area contributed by atoms with Gasteiger partial charge in [0.2, 0.25) is 23.6 Å². The zero-order valence-electron chi connectivity index (χ0n) is 19.0. The topological polar surface area (TPSA) is 111 Å². The molecule has 178 valence electrons. The minimum atomic E-state index is -0.413. The molecule has 0 bridgehead atoms. The Hall–Kier alpha value is -3.68. The van der Waals surface area contributed by atoms with Crippen molar-refractivity contribution in [1.29, 1.82) is 0 Å². The maximum Gasteiger partial charge on any atom is 0.234 e. The summed E-state index contributed by atoms with van der Waals surface area (Å²) < 4.78 is 11.6. The first-order valence-corrected chi connectivity index (χ1v) is 11.5. The highest BCUT2D eigenvalue weighted by atomic mass is 16.5. The monoisotopic (exact) mass is 464 g/mol. The Morgan fingerprint density at radius 2 is 1.09 bits per heavy atom. The lowest BCUT2D eigenvalue weighted by molar-refractivity contribution is -0.126. The van der Waals surface area contributed by atoms with E-state index in [1.54, 1.807) is 0 Å². The summed E-state index contributed by atoms with van der Waals surface area (Å²) in [7, 11) is 0. The zero-order valence-corrected chi connectivity index (χ0v) is 19.0. The zero-order chi connectivity index (χ0) is 24.1. The van der Waals surface area contributed by atoms with Gasteiger partial charge in [-0.2, -0.15) is 0 Å². The van der Waals surface area contributed by atoms with Gasteiger partial charge in [0.1, 0.15) is 11.5 Å². The predicted molar refractivity (Wildman–Crippen MR) is 123 cm³/mol. The SMILES string of the molecule is CC(CCOc1ccc(C2CC(=O)NC2=O)cc1)CCOc1ccc(C2CC(=O)NC2=O)cc1. The number of benzene rings is 2. The van der Waals surface area contributed by atoms with Crippen LogP contribution < -0.4 is 20.1 Å². The summed E-state index contributed by atoms with van der Waals surface area (Å²) in [5.41, 5.74) is 1.63. The minimum Gasteiger partial charge on any atom is -0.494 e. The second kappa shape index (κ2) is 10.5. The summed E-state index contributed by atoms with van der Waals surface area (Å²) >= 11 is 0. The molecule has 2 saturated heterocycles. The molecule has 0 aromatic heterocycles. The molecule has 2 aromatic rings. The number of hydrogen-bond donors (Lipinski definition) is 2. The van der Waals surface area contributed by atoms with E-state index in [0.717, 1.165) is 35.5 Å². The summed E-state index contributed by atoms with van der Waals surface area (Å²) in [4.78, 5) is 46.3. The van der Waals surface area contributed by atoms with Crippen LogP contribution in [-0.4, -0.2) is 36.8 Å². The van der Waals surface area contributed by atoms with E-state index >= 15 is 0 Å². The van der Waals surface area contributed by atoms with Crippen LogP contribution in [0.4, 0.5) is 0 Å². The maximum atomic E-state index is 11.8. The summed E-state index contributed by atoms with van der Waals surface area (Å²) in [6.45, 7) is 3.28. The molecule has 8 heteroatoms. The molecular formula is C26H28N2O6. The van der Waals surface area contributed by atoms with Crippen LogP contribution >= 0.6 is 0 Å². The Labute approximate surface area is 198 Å². The molecule has 0 radical (unpaired) electrons. The van der Waals surface area contributed by atoms with Crippen molar-refractivity contribution < 1.29 is 28.7 Å². The first-order chi connectivity index (χ1) is 16.4. The molecular weight excluding hydrogens is 436 g/mol. The van der Waals surface area contributed by atoms with E-state index in [1.807, 2.05) is 48.5 Å². The first-order valence-electron chi connectivity index (χ1n) is 11.5. The molecule has 4 amide bonds. The van der Waals surface area contributed by atoms with Gasteiger partial charge >= 0.3 is 0 Å². The third-order valence-electron chi connectivity index (χ3n) is 6.26. The fourth-order valence-electron chi connectivity index (χ4n) is 4.14. The second-order valence-corrected chi connectivity index (χ2v) is 8.86. The van der Waals surface area contributed by atoms with Crippen LogP contribution in [0.2, 0.25) is 0 Å². The molecule has 2 heterocycles. The van der Waals surface area contributed by atoms with Crippen LogP contribution in [0.1, 0.15) is 55.6 Å². The molecule has 2 aromatic carbocycles. The van der Waals surface area contributed by atoms with Gasteiger partial charge in [-0.05, 0) is 54.2 Å². The van der Waals surface area contributed by atoms with Crippen LogP contribution in [0.3, 0.4) is 0 Å². The minimum absolute atomic E-state index is 0.196. The van der Waals surface area contributed by atoms with Gasteiger partial charge in [-0.25, -0.2) is 0 Å². The predicted octanol–water partition coefficient (Wildman–Crippen LogP) is 2.82. The van der Waals surface area contributed by atoms with Crippen LogP contribution in [0, 0.1) is 5.92 Å². The Balaban J connectivity index is 1.14. The van der Waals surface area contributed by atoms with Crippen molar-refractivity contribution in [3.8, 4) is 11.5 Å². The van der Waals surface area contributed by atoms with E-state index in [1.165, 1.54) is 0 Å². The number of ether oxygens (including phenoxy) is 2. The van der Waals surface area contributed by atoms with E-state index in [9.17, 15) is 19.2 Å². The smallest absolute Gasteiger partial charge is 0.234 e. The quantitative estimate of drug-likeness (QED) is 0.523.